The molecular formula is C13H18F3N3O. The molecule has 0 bridgehead atoms. The lowest BCUT2D eigenvalue weighted by Gasteiger charge is -2.21. The van der Waals surface area contributed by atoms with Crippen LogP contribution >= 0.6 is 0 Å². The van der Waals surface area contributed by atoms with Crippen LogP contribution in [0.5, 0.6) is 0 Å². The van der Waals surface area contributed by atoms with Crippen molar-refractivity contribution in [2.24, 2.45) is 0 Å². The zero-order chi connectivity index (χ0) is 15.3. The number of carbonyl (C=O) groups is 1. The average Bonchev–Trinajstić information content (AvgIpc) is 2.32. The molecule has 0 radical (unpaired) electrons. The molecule has 0 spiro atoms. The van der Waals surface area contributed by atoms with Gasteiger partial charge in [0.25, 0.3) is 0 Å². The number of anilines is 2. The Bertz CT molecular complexity index is 474. The standard InChI is InChI=1S/C13H18F3N3O/c1-3-19(8-13(14,15)16)7-12(20)18-11-6-4-5-10(17)9(11)2/h4-6H,3,7-8,17H2,1-2H3,(H,18,20). The highest BCUT2D eigenvalue weighted by molar-refractivity contribution is 5.93. The number of hydrogen-bond acceptors (Lipinski definition) is 3. The molecule has 20 heavy (non-hydrogen) atoms. The van der Waals surface area contributed by atoms with Crippen LogP contribution in [0.2, 0.25) is 0 Å². The molecular weight excluding hydrogens is 271 g/mol. The molecule has 3 N–H and O–H groups in total. The molecule has 0 atom stereocenters. The molecule has 0 saturated carbocycles. The summed E-state index contributed by atoms with van der Waals surface area (Å²) in [6.45, 7) is 2.03. The van der Waals surface area contributed by atoms with Gasteiger partial charge in [-0.05, 0) is 31.2 Å². The van der Waals surface area contributed by atoms with E-state index in [0.717, 1.165) is 4.90 Å². The molecule has 0 aliphatic heterocycles. The first-order chi connectivity index (χ1) is 9.23. The highest BCUT2D eigenvalue weighted by Gasteiger charge is 2.30. The van der Waals surface area contributed by atoms with Crippen LogP contribution < -0.4 is 11.1 Å². The van der Waals surface area contributed by atoms with Crippen LogP contribution in [0.3, 0.4) is 0 Å². The minimum atomic E-state index is -4.32. The monoisotopic (exact) mass is 289 g/mol. The number of nitrogens with zero attached hydrogens (tertiary/aromatic N) is 1. The number of likely N-dealkylation sites (N-methyl/N-ethyl adjacent to an activating group) is 1. The average molecular weight is 289 g/mol. The highest BCUT2D eigenvalue weighted by atomic mass is 19.4. The normalized spacial score (nSPS) is 11.7. The predicted molar refractivity (Wildman–Crippen MR) is 72.4 cm³/mol. The third-order valence-electron chi connectivity index (χ3n) is 2.87. The van der Waals surface area contributed by atoms with Gasteiger partial charge in [0.15, 0.2) is 0 Å². The van der Waals surface area contributed by atoms with Gasteiger partial charge in [0.05, 0.1) is 13.1 Å². The Hall–Kier alpha value is -1.76. The number of carbonyl (C=O) groups excluding carboxylic acids is 1. The van der Waals surface area contributed by atoms with Crippen molar-refractivity contribution in [3.63, 3.8) is 0 Å². The van der Waals surface area contributed by atoms with Gasteiger partial charge in [-0.15, -0.1) is 0 Å². The van der Waals surface area contributed by atoms with Gasteiger partial charge in [0, 0.05) is 11.4 Å². The van der Waals surface area contributed by atoms with Crippen molar-refractivity contribution in [3.05, 3.63) is 23.8 Å². The summed E-state index contributed by atoms with van der Waals surface area (Å²) in [6.07, 6.45) is -4.32. The van der Waals surface area contributed by atoms with E-state index in [-0.39, 0.29) is 13.1 Å². The number of hydrogen-bond donors (Lipinski definition) is 2. The van der Waals surface area contributed by atoms with E-state index in [1.807, 2.05) is 0 Å². The SMILES string of the molecule is CCN(CC(=O)Nc1cccc(N)c1C)CC(F)(F)F. The zero-order valence-corrected chi connectivity index (χ0v) is 11.4. The Morgan fingerprint density at radius 2 is 2.05 bits per heavy atom. The molecule has 0 fully saturated rings. The number of nitrogens with two attached hydrogens (primary N) is 1. The molecule has 0 aliphatic rings. The summed E-state index contributed by atoms with van der Waals surface area (Å²) in [4.78, 5) is 12.8. The van der Waals surface area contributed by atoms with Crippen LogP contribution in [0.15, 0.2) is 18.2 Å². The fourth-order valence-electron chi connectivity index (χ4n) is 1.71. The molecule has 1 aromatic rings. The minimum Gasteiger partial charge on any atom is -0.398 e. The minimum absolute atomic E-state index is 0.142. The van der Waals surface area contributed by atoms with Crippen molar-refractivity contribution >= 4 is 17.3 Å². The maximum absolute atomic E-state index is 12.3. The Kier molecular flexibility index (Phi) is 5.38. The van der Waals surface area contributed by atoms with E-state index >= 15 is 0 Å². The molecule has 1 rings (SSSR count). The quantitative estimate of drug-likeness (QED) is 0.818. The lowest BCUT2D eigenvalue weighted by Crippen LogP contribution is -2.39. The molecule has 0 heterocycles. The third kappa shape index (κ3) is 5.08. The van der Waals surface area contributed by atoms with Crippen LogP contribution in [0.4, 0.5) is 24.5 Å². The van der Waals surface area contributed by atoms with Gasteiger partial charge in [-0.2, -0.15) is 13.2 Å². The molecule has 0 unspecified atom stereocenters. The van der Waals surface area contributed by atoms with Crippen LogP contribution in [0.25, 0.3) is 0 Å². The second kappa shape index (κ2) is 6.60. The topological polar surface area (TPSA) is 58.4 Å². The smallest absolute Gasteiger partial charge is 0.398 e. The van der Waals surface area contributed by atoms with Gasteiger partial charge >= 0.3 is 6.18 Å². The lowest BCUT2D eigenvalue weighted by molar-refractivity contribution is -0.147. The first-order valence-corrected chi connectivity index (χ1v) is 6.17. The number of benzene rings is 1. The second-order valence-electron chi connectivity index (χ2n) is 4.49. The first kappa shape index (κ1) is 16.3. The molecule has 4 nitrogen and oxygen atoms in total. The number of nitrogens with one attached hydrogen (secondary N) is 1. The fraction of sp³-hybridized carbons (Fsp3) is 0.462. The van der Waals surface area contributed by atoms with Crippen molar-refractivity contribution in [1.29, 1.82) is 0 Å². The Morgan fingerprint density at radius 1 is 1.40 bits per heavy atom. The Labute approximate surface area is 115 Å². The van der Waals surface area contributed by atoms with Gasteiger partial charge in [-0.1, -0.05) is 13.0 Å². The van der Waals surface area contributed by atoms with E-state index in [9.17, 15) is 18.0 Å². The van der Waals surface area contributed by atoms with Crippen molar-refractivity contribution in [2.45, 2.75) is 20.0 Å². The predicted octanol–water partition coefficient (Wildman–Crippen LogP) is 2.40. The molecule has 1 aromatic carbocycles. The van der Waals surface area contributed by atoms with E-state index in [2.05, 4.69) is 5.32 Å². The lowest BCUT2D eigenvalue weighted by atomic mass is 10.1. The number of nitrogen functional groups attached to an aromatic ring is 1. The van der Waals surface area contributed by atoms with Gasteiger partial charge < -0.3 is 11.1 Å². The fourth-order valence-corrected chi connectivity index (χ4v) is 1.71. The third-order valence-corrected chi connectivity index (χ3v) is 2.87. The Morgan fingerprint density at radius 3 is 2.60 bits per heavy atom. The Balaban J connectivity index is 2.65. The maximum atomic E-state index is 12.3. The second-order valence-corrected chi connectivity index (χ2v) is 4.49. The van der Waals surface area contributed by atoms with E-state index in [0.29, 0.717) is 16.9 Å². The van der Waals surface area contributed by atoms with Crippen molar-refractivity contribution in [3.8, 4) is 0 Å². The van der Waals surface area contributed by atoms with Crippen LogP contribution in [0.1, 0.15) is 12.5 Å². The molecule has 7 heteroatoms. The number of alkyl halides is 3. The van der Waals surface area contributed by atoms with E-state index in [4.69, 9.17) is 5.73 Å². The summed E-state index contributed by atoms with van der Waals surface area (Å²) in [5, 5.41) is 2.57. The molecule has 112 valence electrons. The van der Waals surface area contributed by atoms with E-state index < -0.39 is 18.6 Å². The highest BCUT2D eigenvalue weighted by Crippen LogP contribution is 2.20. The van der Waals surface area contributed by atoms with Gasteiger partial charge in [-0.3, -0.25) is 9.69 Å². The molecule has 0 aromatic heterocycles. The van der Waals surface area contributed by atoms with Crippen LogP contribution in [-0.4, -0.2) is 36.6 Å². The van der Waals surface area contributed by atoms with Gasteiger partial charge in [0.1, 0.15) is 0 Å². The summed E-state index contributed by atoms with van der Waals surface area (Å²) < 4.78 is 36.9. The van der Waals surface area contributed by atoms with Crippen molar-refractivity contribution in [1.82, 2.24) is 4.90 Å². The molecule has 0 saturated heterocycles. The summed E-state index contributed by atoms with van der Waals surface area (Å²) in [6, 6.07) is 5.02. The van der Waals surface area contributed by atoms with Crippen LogP contribution in [0, 0.1) is 6.92 Å². The van der Waals surface area contributed by atoms with Crippen molar-refractivity contribution in [2.75, 3.05) is 30.7 Å². The van der Waals surface area contributed by atoms with Gasteiger partial charge in [-0.25, -0.2) is 0 Å². The summed E-state index contributed by atoms with van der Waals surface area (Å²) in [7, 11) is 0. The molecule has 0 aliphatic carbocycles. The zero-order valence-electron chi connectivity index (χ0n) is 11.4. The number of rotatable bonds is 5. The largest absolute Gasteiger partial charge is 0.401 e. The maximum Gasteiger partial charge on any atom is 0.401 e. The summed E-state index contributed by atoms with van der Waals surface area (Å²) in [5.41, 5.74) is 7.42. The van der Waals surface area contributed by atoms with E-state index in [1.165, 1.54) is 0 Å². The van der Waals surface area contributed by atoms with E-state index in [1.54, 1.807) is 32.0 Å². The summed E-state index contributed by atoms with van der Waals surface area (Å²) in [5.74, 6) is -0.496. The van der Waals surface area contributed by atoms with Crippen LogP contribution in [-0.2, 0) is 4.79 Å². The van der Waals surface area contributed by atoms with Gasteiger partial charge in [0.2, 0.25) is 5.91 Å². The van der Waals surface area contributed by atoms with Crippen molar-refractivity contribution < 1.29 is 18.0 Å². The number of amides is 1. The molecule has 1 amide bonds. The first-order valence-electron chi connectivity index (χ1n) is 6.17. The number of halogens is 3. The summed E-state index contributed by atoms with van der Waals surface area (Å²) >= 11 is 0.